The van der Waals surface area contributed by atoms with Gasteiger partial charge in [-0.25, -0.2) is 0 Å². The molecule has 1 N–H and O–H groups in total. The van der Waals surface area contributed by atoms with E-state index in [1.807, 2.05) is 10.9 Å². The second-order valence-corrected chi connectivity index (χ2v) is 5.91. The highest BCUT2D eigenvalue weighted by molar-refractivity contribution is 5.07. The minimum Gasteiger partial charge on any atom is -0.316 e. The van der Waals surface area contributed by atoms with Gasteiger partial charge in [0.15, 0.2) is 0 Å². The third-order valence-corrected chi connectivity index (χ3v) is 4.56. The number of nitrogens with one attached hydrogen (secondary N) is 1. The number of hydrogen-bond acceptors (Lipinski definition) is 2. The molecule has 1 aliphatic carbocycles. The summed E-state index contributed by atoms with van der Waals surface area (Å²) >= 11 is 0. The molecule has 1 aromatic rings. The molecule has 1 fully saturated rings. The summed E-state index contributed by atoms with van der Waals surface area (Å²) in [5.41, 5.74) is 1.38. The summed E-state index contributed by atoms with van der Waals surface area (Å²) in [5.74, 6) is 0.843. The molecule has 0 radical (unpaired) electrons. The zero-order chi connectivity index (χ0) is 13.5. The molecule has 1 unspecified atom stereocenters. The second-order valence-electron chi connectivity index (χ2n) is 5.91. The maximum Gasteiger partial charge on any atom is 0.0522 e. The summed E-state index contributed by atoms with van der Waals surface area (Å²) in [4.78, 5) is 0. The number of aryl methyl sites for hydroxylation is 1. The largest absolute Gasteiger partial charge is 0.316 e. The molecule has 2 rings (SSSR count). The van der Waals surface area contributed by atoms with E-state index in [4.69, 9.17) is 0 Å². The lowest BCUT2D eigenvalue weighted by Crippen LogP contribution is -2.36. The third-order valence-electron chi connectivity index (χ3n) is 4.56. The van der Waals surface area contributed by atoms with Crippen LogP contribution in [0.15, 0.2) is 12.4 Å². The van der Waals surface area contributed by atoms with Crippen LogP contribution < -0.4 is 5.32 Å². The molecule has 3 heteroatoms. The standard InChI is InChI=1S/C16H29N3/c1-3-19-13-14(12-18-19)11-16(17-2)15-9-7-5-4-6-8-10-15/h12-13,15-17H,3-11H2,1-2H3. The summed E-state index contributed by atoms with van der Waals surface area (Å²) < 4.78 is 2.03. The Hall–Kier alpha value is -0.830. The molecule has 0 bridgehead atoms. The van der Waals surface area contributed by atoms with Gasteiger partial charge < -0.3 is 5.32 Å². The van der Waals surface area contributed by atoms with Gasteiger partial charge in [-0.2, -0.15) is 5.10 Å². The Balaban J connectivity index is 1.93. The molecule has 1 heterocycles. The first-order chi connectivity index (χ1) is 9.33. The monoisotopic (exact) mass is 263 g/mol. The number of aromatic nitrogens is 2. The van der Waals surface area contributed by atoms with Gasteiger partial charge in [-0.3, -0.25) is 4.68 Å². The van der Waals surface area contributed by atoms with Gasteiger partial charge in [0.25, 0.3) is 0 Å². The molecule has 1 aliphatic rings. The third kappa shape index (κ3) is 4.34. The number of nitrogens with zero attached hydrogens (tertiary/aromatic N) is 2. The van der Waals surface area contributed by atoms with Crippen molar-refractivity contribution < 1.29 is 0 Å². The highest BCUT2D eigenvalue weighted by Gasteiger charge is 2.21. The summed E-state index contributed by atoms with van der Waals surface area (Å²) in [6.45, 7) is 3.11. The Kier molecular flexibility index (Phi) is 5.90. The van der Waals surface area contributed by atoms with Crippen LogP contribution in [0.5, 0.6) is 0 Å². The molecule has 108 valence electrons. The van der Waals surface area contributed by atoms with Gasteiger partial charge in [-0.15, -0.1) is 0 Å². The Labute approximate surface area is 117 Å². The molecule has 19 heavy (non-hydrogen) atoms. The van der Waals surface area contributed by atoms with Gasteiger partial charge in [0.1, 0.15) is 0 Å². The predicted molar refractivity (Wildman–Crippen MR) is 80.3 cm³/mol. The van der Waals surface area contributed by atoms with E-state index < -0.39 is 0 Å². The molecular weight excluding hydrogens is 234 g/mol. The predicted octanol–water partition coefficient (Wildman–Crippen LogP) is 3.39. The Morgan fingerprint density at radius 1 is 1.26 bits per heavy atom. The fourth-order valence-corrected chi connectivity index (χ4v) is 3.33. The van der Waals surface area contributed by atoms with E-state index in [1.165, 1.54) is 50.5 Å². The molecule has 0 aromatic carbocycles. The van der Waals surface area contributed by atoms with Gasteiger partial charge in [-0.1, -0.05) is 32.1 Å². The van der Waals surface area contributed by atoms with Crippen LogP contribution in [0.4, 0.5) is 0 Å². The Bertz CT molecular complexity index is 351. The minimum atomic E-state index is 0.618. The van der Waals surface area contributed by atoms with Crippen LogP contribution in [-0.2, 0) is 13.0 Å². The highest BCUT2D eigenvalue weighted by atomic mass is 15.3. The number of hydrogen-bond donors (Lipinski definition) is 1. The van der Waals surface area contributed by atoms with Crippen molar-refractivity contribution in [2.24, 2.45) is 5.92 Å². The van der Waals surface area contributed by atoms with Crippen LogP contribution in [0.25, 0.3) is 0 Å². The zero-order valence-corrected chi connectivity index (χ0v) is 12.6. The van der Waals surface area contributed by atoms with Crippen molar-refractivity contribution >= 4 is 0 Å². The summed E-state index contributed by atoms with van der Waals surface area (Å²) in [6, 6.07) is 0.618. The molecule has 0 saturated heterocycles. The van der Waals surface area contributed by atoms with Crippen LogP contribution >= 0.6 is 0 Å². The SMILES string of the molecule is CCn1cc(CC(NC)C2CCCCCCC2)cn1. The minimum absolute atomic E-state index is 0.618. The van der Waals surface area contributed by atoms with Crippen molar-refractivity contribution in [2.75, 3.05) is 7.05 Å². The van der Waals surface area contributed by atoms with Crippen molar-refractivity contribution in [1.29, 1.82) is 0 Å². The lowest BCUT2D eigenvalue weighted by Gasteiger charge is -2.28. The maximum atomic E-state index is 4.39. The van der Waals surface area contributed by atoms with Gasteiger partial charge in [0.2, 0.25) is 0 Å². The smallest absolute Gasteiger partial charge is 0.0522 e. The van der Waals surface area contributed by atoms with Gasteiger partial charge in [0, 0.05) is 18.8 Å². The summed E-state index contributed by atoms with van der Waals surface area (Å²) in [6.07, 6.45) is 15.3. The van der Waals surface area contributed by atoms with Gasteiger partial charge in [0.05, 0.1) is 6.20 Å². The molecule has 3 nitrogen and oxygen atoms in total. The van der Waals surface area contributed by atoms with Gasteiger partial charge >= 0.3 is 0 Å². The van der Waals surface area contributed by atoms with Crippen molar-refractivity contribution in [2.45, 2.75) is 70.9 Å². The van der Waals surface area contributed by atoms with Crippen LogP contribution in [0.1, 0.15) is 57.4 Å². The first-order valence-electron chi connectivity index (χ1n) is 8.02. The van der Waals surface area contributed by atoms with Gasteiger partial charge in [-0.05, 0) is 44.7 Å². The fraction of sp³-hybridized carbons (Fsp3) is 0.812. The first-order valence-corrected chi connectivity index (χ1v) is 8.02. The lowest BCUT2D eigenvalue weighted by atomic mass is 9.84. The van der Waals surface area contributed by atoms with Crippen molar-refractivity contribution in [3.63, 3.8) is 0 Å². The Morgan fingerprint density at radius 2 is 1.95 bits per heavy atom. The van der Waals surface area contributed by atoms with Crippen molar-refractivity contribution in [3.05, 3.63) is 18.0 Å². The second kappa shape index (κ2) is 7.68. The highest BCUT2D eigenvalue weighted by Crippen LogP contribution is 2.26. The molecule has 0 aliphatic heterocycles. The lowest BCUT2D eigenvalue weighted by molar-refractivity contribution is 0.294. The zero-order valence-electron chi connectivity index (χ0n) is 12.6. The molecule has 1 saturated carbocycles. The van der Waals surface area contributed by atoms with E-state index in [0.717, 1.165) is 18.9 Å². The summed E-state index contributed by atoms with van der Waals surface area (Å²) in [7, 11) is 2.12. The van der Waals surface area contributed by atoms with E-state index in [0.29, 0.717) is 6.04 Å². The average Bonchev–Trinajstić information content (AvgIpc) is 2.84. The van der Waals surface area contributed by atoms with Crippen LogP contribution in [0, 0.1) is 5.92 Å². The number of rotatable bonds is 5. The average molecular weight is 263 g/mol. The van der Waals surface area contributed by atoms with E-state index in [1.54, 1.807) is 0 Å². The molecule has 0 amide bonds. The normalized spacial score (nSPS) is 19.9. The quantitative estimate of drug-likeness (QED) is 0.882. The van der Waals surface area contributed by atoms with E-state index in [2.05, 4.69) is 30.6 Å². The topological polar surface area (TPSA) is 29.9 Å². The maximum absolute atomic E-state index is 4.39. The van der Waals surface area contributed by atoms with Crippen LogP contribution in [0.2, 0.25) is 0 Å². The van der Waals surface area contributed by atoms with Crippen LogP contribution in [0.3, 0.4) is 0 Å². The first kappa shape index (κ1) is 14.6. The molecule has 1 atom stereocenters. The molecular formula is C16H29N3. The van der Waals surface area contributed by atoms with Crippen molar-refractivity contribution in [1.82, 2.24) is 15.1 Å². The molecule has 1 aromatic heterocycles. The number of likely N-dealkylation sites (N-methyl/N-ethyl adjacent to an activating group) is 1. The summed E-state index contributed by atoms with van der Waals surface area (Å²) in [5, 5.41) is 7.95. The van der Waals surface area contributed by atoms with E-state index in [-0.39, 0.29) is 0 Å². The fourth-order valence-electron chi connectivity index (χ4n) is 3.33. The molecule has 0 spiro atoms. The Morgan fingerprint density at radius 3 is 2.53 bits per heavy atom. The van der Waals surface area contributed by atoms with Crippen LogP contribution in [-0.4, -0.2) is 22.9 Å². The van der Waals surface area contributed by atoms with Crippen molar-refractivity contribution in [3.8, 4) is 0 Å². The van der Waals surface area contributed by atoms with E-state index >= 15 is 0 Å². The van der Waals surface area contributed by atoms with E-state index in [9.17, 15) is 0 Å².